The van der Waals surface area contributed by atoms with Crippen LogP contribution < -0.4 is 48.7 Å². The summed E-state index contributed by atoms with van der Waals surface area (Å²) in [5.41, 5.74) is 13.8. The summed E-state index contributed by atoms with van der Waals surface area (Å²) in [6.45, 7) is -0.160. The van der Waals surface area contributed by atoms with Gasteiger partial charge in [0.1, 0.15) is 28.8 Å². The standard InChI is InChI=1S/C44H51N13O7/c1-54-24-31(51-42(62)35-16-29(22-55(35)2)48-38(58)20-45)18-34(54)41(61)47-14-8-7-11-33(40(60)50-28-13-12-26-9-5-6-10-27(26)15-28)53-44(64)37-19-32(25-57(37)4)52-43(63)36-17-30(23-56(36)3)49-39(59)21-46/h5-6,9-10,12-13,15-19,22-25,33H,7-8,11,14,20-21,45-46H2,1-4H3,(H,47,61)(H,48,58)(H,49,59)(H,50,60)(H,51,62)(H,52,63)(H,53,64). The van der Waals surface area contributed by atoms with Crippen LogP contribution >= 0.6 is 0 Å². The van der Waals surface area contributed by atoms with Crippen molar-refractivity contribution in [3.8, 4) is 0 Å². The number of benzene rings is 2. The number of hydrogen-bond donors (Lipinski definition) is 9. The molecule has 0 saturated carbocycles. The monoisotopic (exact) mass is 873 g/mol. The van der Waals surface area contributed by atoms with E-state index in [-0.39, 0.29) is 49.0 Å². The minimum atomic E-state index is -0.982. The van der Waals surface area contributed by atoms with Crippen molar-refractivity contribution in [3.05, 3.63) is 114 Å². The highest BCUT2D eigenvalue weighted by Crippen LogP contribution is 2.22. The SMILES string of the molecule is Cn1cc(NC(=O)c2cc(NC(=O)CN)cn2C)cc1C(=O)NCCCCC(NC(=O)c1cc(NC(=O)c2cc(NC(=O)CN)cn2C)cn1C)C(=O)Nc1ccc2ccccc2c1. The summed E-state index contributed by atoms with van der Waals surface area (Å²) in [6, 6.07) is 18.3. The minimum Gasteiger partial charge on any atom is -0.351 e. The average molecular weight is 874 g/mol. The lowest BCUT2D eigenvalue weighted by Gasteiger charge is -2.19. The maximum atomic E-state index is 13.8. The van der Waals surface area contributed by atoms with Crippen molar-refractivity contribution in [2.75, 3.05) is 46.2 Å². The van der Waals surface area contributed by atoms with Crippen molar-refractivity contribution in [3.63, 3.8) is 0 Å². The lowest BCUT2D eigenvalue weighted by Crippen LogP contribution is -2.44. The Hall–Kier alpha value is -7.97. The molecule has 0 aliphatic rings. The lowest BCUT2D eigenvalue weighted by molar-refractivity contribution is -0.118. The number of carbonyl (C=O) groups is 7. The normalized spacial score (nSPS) is 11.4. The summed E-state index contributed by atoms with van der Waals surface area (Å²) in [7, 11) is 6.61. The molecule has 11 N–H and O–H groups in total. The molecule has 0 aliphatic heterocycles. The van der Waals surface area contributed by atoms with Crippen LogP contribution in [0.3, 0.4) is 0 Å². The first-order chi connectivity index (χ1) is 30.6. The van der Waals surface area contributed by atoms with E-state index in [9.17, 15) is 33.6 Å². The van der Waals surface area contributed by atoms with Crippen LogP contribution in [-0.4, -0.2) is 85.3 Å². The van der Waals surface area contributed by atoms with Gasteiger partial charge in [0.2, 0.25) is 17.7 Å². The van der Waals surface area contributed by atoms with E-state index in [1.165, 1.54) is 22.8 Å². The van der Waals surface area contributed by atoms with Gasteiger partial charge in [-0.25, -0.2) is 0 Å². The van der Waals surface area contributed by atoms with Crippen LogP contribution in [0.25, 0.3) is 10.8 Å². The molecule has 334 valence electrons. The Morgan fingerprint density at radius 3 is 1.45 bits per heavy atom. The summed E-state index contributed by atoms with van der Waals surface area (Å²) in [6.07, 6.45) is 7.45. The number of nitrogens with two attached hydrogens (primary N) is 2. The number of unbranched alkanes of at least 4 members (excludes halogenated alkanes) is 1. The predicted molar refractivity (Wildman–Crippen MR) is 243 cm³/mol. The molecule has 20 heteroatoms. The first-order valence-corrected chi connectivity index (χ1v) is 20.3. The third kappa shape index (κ3) is 11.3. The number of fused-ring (bicyclic) bond motifs is 1. The van der Waals surface area contributed by atoms with E-state index in [4.69, 9.17) is 11.5 Å². The van der Waals surface area contributed by atoms with Crippen LogP contribution in [0, 0.1) is 0 Å². The van der Waals surface area contributed by atoms with Crippen molar-refractivity contribution in [1.82, 2.24) is 28.9 Å². The second-order valence-corrected chi connectivity index (χ2v) is 15.1. The number of aromatic nitrogens is 4. The van der Waals surface area contributed by atoms with Gasteiger partial charge in [0.05, 0.1) is 35.8 Å². The highest BCUT2D eigenvalue weighted by Gasteiger charge is 2.24. The fraction of sp³-hybridized carbons (Fsp3) is 0.250. The topological polar surface area (TPSA) is 275 Å². The van der Waals surface area contributed by atoms with Crippen molar-refractivity contribution < 1.29 is 33.6 Å². The second kappa shape index (κ2) is 20.3. The number of anilines is 5. The van der Waals surface area contributed by atoms with Gasteiger partial charge in [-0.2, -0.15) is 0 Å². The van der Waals surface area contributed by atoms with Gasteiger partial charge in [0, 0.05) is 65.2 Å². The molecule has 2 aromatic carbocycles. The summed E-state index contributed by atoms with van der Waals surface area (Å²) < 4.78 is 6.20. The number of rotatable bonds is 18. The number of nitrogens with zero attached hydrogens (tertiary/aromatic N) is 4. The number of nitrogens with one attached hydrogen (secondary N) is 7. The quantitative estimate of drug-likeness (QED) is 0.0574. The number of aryl methyl sites for hydroxylation is 4. The van der Waals surface area contributed by atoms with E-state index in [1.807, 2.05) is 36.4 Å². The Kier molecular flexibility index (Phi) is 14.4. The number of carbonyl (C=O) groups excluding carboxylic acids is 7. The summed E-state index contributed by atoms with van der Waals surface area (Å²) in [5, 5.41) is 21.3. The molecule has 1 unspecified atom stereocenters. The molecule has 0 saturated heterocycles. The van der Waals surface area contributed by atoms with E-state index in [1.54, 1.807) is 78.8 Å². The van der Waals surface area contributed by atoms with Gasteiger partial charge in [0.15, 0.2) is 0 Å². The summed E-state index contributed by atoms with van der Waals surface area (Å²) in [4.78, 5) is 90.4. The maximum absolute atomic E-state index is 13.8. The van der Waals surface area contributed by atoms with E-state index < -0.39 is 41.5 Å². The Labute approximate surface area is 367 Å². The van der Waals surface area contributed by atoms with Gasteiger partial charge in [-0.15, -0.1) is 0 Å². The van der Waals surface area contributed by atoms with Gasteiger partial charge in [-0.1, -0.05) is 30.3 Å². The van der Waals surface area contributed by atoms with Gasteiger partial charge in [-0.05, 0) is 66.4 Å². The van der Waals surface area contributed by atoms with Gasteiger partial charge in [0.25, 0.3) is 23.6 Å². The first-order valence-electron chi connectivity index (χ1n) is 20.3. The average Bonchev–Trinajstić information content (AvgIpc) is 4.03. The Morgan fingerprint density at radius 2 is 0.953 bits per heavy atom. The molecule has 6 aromatic rings. The summed E-state index contributed by atoms with van der Waals surface area (Å²) in [5.74, 6) is -3.13. The van der Waals surface area contributed by atoms with Crippen LogP contribution in [-0.2, 0) is 42.6 Å². The van der Waals surface area contributed by atoms with Crippen molar-refractivity contribution in [1.29, 1.82) is 0 Å². The van der Waals surface area contributed by atoms with Crippen molar-refractivity contribution in [2.24, 2.45) is 39.7 Å². The zero-order valence-corrected chi connectivity index (χ0v) is 35.8. The van der Waals surface area contributed by atoms with Crippen LogP contribution in [0.4, 0.5) is 28.4 Å². The highest BCUT2D eigenvalue weighted by molar-refractivity contribution is 6.07. The summed E-state index contributed by atoms with van der Waals surface area (Å²) >= 11 is 0. The molecule has 0 bridgehead atoms. The molecule has 6 rings (SSSR count). The van der Waals surface area contributed by atoms with Crippen LogP contribution in [0.2, 0.25) is 0 Å². The van der Waals surface area contributed by atoms with E-state index in [0.717, 1.165) is 10.8 Å². The maximum Gasteiger partial charge on any atom is 0.272 e. The van der Waals surface area contributed by atoms with E-state index >= 15 is 0 Å². The zero-order valence-electron chi connectivity index (χ0n) is 35.8. The molecule has 64 heavy (non-hydrogen) atoms. The number of amides is 7. The smallest absolute Gasteiger partial charge is 0.272 e. The Morgan fingerprint density at radius 1 is 0.500 bits per heavy atom. The van der Waals surface area contributed by atoms with E-state index in [2.05, 4.69) is 37.2 Å². The highest BCUT2D eigenvalue weighted by atomic mass is 16.2. The molecule has 4 aromatic heterocycles. The first kappa shape index (κ1) is 45.6. The third-order valence-electron chi connectivity index (χ3n) is 10.2. The molecule has 0 spiro atoms. The Balaban J connectivity index is 1.07. The molecular weight excluding hydrogens is 823 g/mol. The molecule has 0 fully saturated rings. The minimum absolute atomic E-state index is 0.177. The molecule has 4 heterocycles. The predicted octanol–water partition coefficient (Wildman–Crippen LogP) is 2.83. The van der Waals surface area contributed by atoms with E-state index in [0.29, 0.717) is 47.0 Å². The second-order valence-electron chi connectivity index (χ2n) is 15.1. The molecular formula is C44H51N13O7. The number of hydrogen-bond acceptors (Lipinski definition) is 9. The van der Waals surface area contributed by atoms with Crippen LogP contribution in [0.15, 0.2) is 91.5 Å². The largest absolute Gasteiger partial charge is 0.351 e. The molecule has 0 radical (unpaired) electrons. The lowest BCUT2D eigenvalue weighted by atomic mass is 10.1. The van der Waals surface area contributed by atoms with Crippen LogP contribution in [0.5, 0.6) is 0 Å². The van der Waals surface area contributed by atoms with Crippen molar-refractivity contribution >= 4 is 80.6 Å². The van der Waals surface area contributed by atoms with Gasteiger partial charge in [-0.3, -0.25) is 33.6 Å². The Bertz CT molecular complexity index is 2740. The molecule has 1 atom stereocenters. The van der Waals surface area contributed by atoms with Gasteiger partial charge >= 0.3 is 0 Å². The van der Waals surface area contributed by atoms with Gasteiger partial charge < -0.3 is 67.0 Å². The molecule has 7 amide bonds. The molecule has 20 nitrogen and oxygen atoms in total. The fourth-order valence-electron chi connectivity index (χ4n) is 7.01. The fourth-order valence-corrected chi connectivity index (χ4v) is 7.01. The third-order valence-corrected chi connectivity index (χ3v) is 10.2. The zero-order chi connectivity index (χ0) is 46.1. The van der Waals surface area contributed by atoms with Crippen LogP contribution in [0.1, 0.15) is 61.2 Å². The van der Waals surface area contributed by atoms with Crippen molar-refractivity contribution in [2.45, 2.75) is 25.3 Å². The molecule has 0 aliphatic carbocycles.